The number of carbonyl (C=O) groups excluding carboxylic acids is 1. The summed E-state index contributed by atoms with van der Waals surface area (Å²) in [6, 6.07) is 14.9. The predicted molar refractivity (Wildman–Crippen MR) is 133 cm³/mol. The SMILES string of the molecule is CCOc1ccc(C(=O)Nc2ccc(OC)cc2OC)cc1CN(c1ccc(F)cc1)S(C)(=O)=O. The van der Waals surface area contributed by atoms with Gasteiger partial charge >= 0.3 is 0 Å². The van der Waals surface area contributed by atoms with E-state index in [4.69, 9.17) is 14.2 Å². The summed E-state index contributed by atoms with van der Waals surface area (Å²) in [6.45, 7) is 2.03. The summed E-state index contributed by atoms with van der Waals surface area (Å²) in [5.74, 6) is 0.519. The van der Waals surface area contributed by atoms with Gasteiger partial charge in [0.05, 0.1) is 45.0 Å². The molecule has 0 saturated carbocycles. The summed E-state index contributed by atoms with van der Waals surface area (Å²) in [7, 11) is -0.723. The minimum Gasteiger partial charge on any atom is -0.497 e. The second-order valence-corrected chi connectivity index (χ2v) is 9.43. The van der Waals surface area contributed by atoms with Crippen LogP contribution in [0.2, 0.25) is 0 Å². The first-order valence-electron chi connectivity index (χ1n) is 10.7. The van der Waals surface area contributed by atoms with Crippen molar-refractivity contribution in [2.75, 3.05) is 36.7 Å². The van der Waals surface area contributed by atoms with Crippen LogP contribution >= 0.6 is 0 Å². The van der Waals surface area contributed by atoms with Gasteiger partial charge in [-0.15, -0.1) is 0 Å². The summed E-state index contributed by atoms with van der Waals surface area (Å²) < 4.78 is 55.8. The highest BCUT2D eigenvalue weighted by atomic mass is 32.2. The predicted octanol–water partition coefficient (Wildman–Crippen LogP) is 4.46. The van der Waals surface area contributed by atoms with Crippen LogP contribution < -0.4 is 23.8 Å². The van der Waals surface area contributed by atoms with Crippen LogP contribution in [0.1, 0.15) is 22.8 Å². The molecule has 0 saturated heterocycles. The molecule has 1 amide bonds. The molecule has 0 aliphatic heterocycles. The molecule has 0 aliphatic carbocycles. The normalized spacial score (nSPS) is 11.0. The Morgan fingerprint density at radius 3 is 2.29 bits per heavy atom. The maximum absolute atomic E-state index is 13.4. The van der Waals surface area contributed by atoms with E-state index in [0.717, 1.165) is 10.6 Å². The summed E-state index contributed by atoms with van der Waals surface area (Å²) in [4.78, 5) is 13.0. The first-order chi connectivity index (χ1) is 16.7. The Labute approximate surface area is 204 Å². The molecular formula is C25H27FN2O6S. The number of benzene rings is 3. The molecule has 3 aromatic carbocycles. The fourth-order valence-electron chi connectivity index (χ4n) is 3.40. The van der Waals surface area contributed by atoms with E-state index in [1.165, 1.54) is 38.5 Å². The van der Waals surface area contributed by atoms with Crippen molar-refractivity contribution < 1.29 is 31.8 Å². The average molecular weight is 503 g/mol. The third-order valence-corrected chi connectivity index (χ3v) is 6.25. The Bertz CT molecular complexity index is 1300. The van der Waals surface area contributed by atoms with Crippen molar-refractivity contribution in [2.24, 2.45) is 0 Å². The molecule has 0 spiro atoms. The van der Waals surface area contributed by atoms with Gasteiger partial charge in [0, 0.05) is 17.2 Å². The monoisotopic (exact) mass is 502 g/mol. The van der Waals surface area contributed by atoms with Gasteiger partial charge in [-0.2, -0.15) is 0 Å². The fourth-order valence-corrected chi connectivity index (χ4v) is 4.28. The highest BCUT2D eigenvalue weighted by Gasteiger charge is 2.21. The number of nitrogens with zero attached hydrogens (tertiary/aromatic N) is 1. The molecule has 0 fully saturated rings. The van der Waals surface area contributed by atoms with E-state index in [1.54, 1.807) is 43.3 Å². The van der Waals surface area contributed by atoms with Gasteiger partial charge in [0.15, 0.2) is 0 Å². The van der Waals surface area contributed by atoms with Gasteiger partial charge in [-0.05, 0) is 61.5 Å². The number of ether oxygens (including phenoxy) is 3. The first kappa shape index (κ1) is 25.8. The Morgan fingerprint density at radius 2 is 1.69 bits per heavy atom. The molecule has 8 nitrogen and oxygen atoms in total. The summed E-state index contributed by atoms with van der Waals surface area (Å²) in [6.07, 6.45) is 1.06. The van der Waals surface area contributed by atoms with Gasteiger partial charge in [-0.25, -0.2) is 12.8 Å². The molecule has 0 atom stereocenters. The molecule has 0 bridgehead atoms. The number of nitrogens with one attached hydrogen (secondary N) is 1. The second-order valence-electron chi connectivity index (χ2n) is 7.52. The Kier molecular flexibility index (Phi) is 8.18. The van der Waals surface area contributed by atoms with Crippen molar-refractivity contribution in [3.05, 3.63) is 77.6 Å². The fraction of sp³-hybridized carbons (Fsp3) is 0.240. The Hall–Kier alpha value is -3.79. The summed E-state index contributed by atoms with van der Waals surface area (Å²) in [5.41, 5.74) is 1.48. The largest absolute Gasteiger partial charge is 0.497 e. The third kappa shape index (κ3) is 6.42. The molecule has 3 aromatic rings. The number of amides is 1. The maximum Gasteiger partial charge on any atom is 0.255 e. The number of hydrogen-bond acceptors (Lipinski definition) is 6. The minimum atomic E-state index is -3.73. The van der Waals surface area contributed by atoms with Crippen LogP contribution in [0, 0.1) is 5.82 Å². The molecule has 0 aliphatic rings. The first-order valence-corrected chi connectivity index (χ1v) is 12.5. The maximum atomic E-state index is 13.4. The number of anilines is 2. The van der Waals surface area contributed by atoms with Crippen LogP contribution in [0.5, 0.6) is 17.2 Å². The zero-order valence-corrected chi connectivity index (χ0v) is 20.7. The number of rotatable bonds is 10. The van der Waals surface area contributed by atoms with E-state index in [9.17, 15) is 17.6 Å². The van der Waals surface area contributed by atoms with E-state index in [2.05, 4.69) is 5.32 Å². The van der Waals surface area contributed by atoms with E-state index >= 15 is 0 Å². The summed E-state index contributed by atoms with van der Waals surface area (Å²) >= 11 is 0. The third-order valence-electron chi connectivity index (χ3n) is 5.11. The van der Waals surface area contributed by atoms with Crippen molar-refractivity contribution in [1.82, 2.24) is 0 Å². The van der Waals surface area contributed by atoms with Gasteiger partial charge in [0.2, 0.25) is 10.0 Å². The number of hydrogen-bond donors (Lipinski definition) is 1. The Balaban J connectivity index is 1.96. The smallest absolute Gasteiger partial charge is 0.255 e. The van der Waals surface area contributed by atoms with Gasteiger partial charge in [0.25, 0.3) is 5.91 Å². The van der Waals surface area contributed by atoms with Gasteiger partial charge in [0.1, 0.15) is 23.1 Å². The minimum absolute atomic E-state index is 0.118. The lowest BCUT2D eigenvalue weighted by molar-refractivity contribution is 0.102. The van der Waals surface area contributed by atoms with Crippen LogP contribution in [-0.4, -0.2) is 41.4 Å². The molecule has 3 rings (SSSR count). The molecule has 0 radical (unpaired) electrons. The van der Waals surface area contributed by atoms with E-state index < -0.39 is 21.7 Å². The quantitative estimate of drug-likeness (QED) is 0.440. The molecular weight excluding hydrogens is 475 g/mol. The standard InChI is InChI=1S/C25H27FN2O6S/c1-5-34-23-13-6-17(25(29)27-22-12-11-21(32-2)15-24(22)33-3)14-18(23)16-28(35(4,30)31)20-9-7-19(26)8-10-20/h6-15H,5,16H2,1-4H3,(H,27,29). The second kappa shape index (κ2) is 11.1. The van der Waals surface area contributed by atoms with Crippen LogP contribution in [-0.2, 0) is 16.6 Å². The number of sulfonamides is 1. The van der Waals surface area contributed by atoms with Crippen molar-refractivity contribution in [3.8, 4) is 17.2 Å². The van der Waals surface area contributed by atoms with Crippen LogP contribution in [0.4, 0.5) is 15.8 Å². The molecule has 35 heavy (non-hydrogen) atoms. The highest BCUT2D eigenvalue weighted by molar-refractivity contribution is 7.92. The number of carbonyl (C=O) groups is 1. The molecule has 1 N–H and O–H groups in total. The lowest BCUT2D eigenvalue weighted by Crippen LogP contribution is -2.29. The van der Waals surface area contributed by atoms with Gasteiger partial charge < -0.3 is 19.5 Å². The molecule has 0 aromatic heterocycles. The van der Waals surface area contributed by atoms with Gasteiger partial charge in [-0.1, -0.05) is 0 Å². The van der Waals surface area contributed by atoms with Gasteiger partial charge in [-0.3, -0.25) is 9.10 Å². The highest BCUT2D eigenvalue weighted by Crippen LogP contribution is 2.31. The van der Waals surface area contributed by atoms with Crippen LogP contribution in [0.15, 0.2) is 60.7 Å². The topological polar surface area (TPSA) is 94.2 Å². The van der Waals surface area contributed by atoms with Crippen molar-refractivity contribution in [2.45, 2.75) is 13.5 Å². The van der Waals surface area contributed by atoms with E-state index in [0.29, 0.717) is 35.1 Å². The molecule has 186 valence electrons. The van der Waals surface area contributed by atoms with E-state index in [-0.39, 0.29) is 17.8 Å². The lowest BCUT2D eigenvalue weighted by Gasteiger charge is -2.24. The van der Waals surface area contributed by atoms with Crippen molar-refractivity contribution in [1.29, 1.82) is 0 Å². The zero-order valence-electron chi connectivity index (χ0n) is 19.9. The van der Waals surface area contributed by atoms with Crippen molar-refractivity contribution >= 4 is 27.3 Å². The number of methoxy groups -OCH3 is 2. The summed E-state index contributed by atoms with van der Waals surface area (Å²) in [5, 5.41) is 2.80. The van der Waals surface area contributed by atoms with E-state index in [1.807, 2.05) is 0 Å². The van der Waals surface area contributed by atoms with Crippen molar-refractivity contribution in [3.63, 3.8) is 0 Å². The lowest BCUT2D eigenvalue weighted by atomic mass is 10.1. The molecule has 0 heterocycles. The van der Waals surface area contributed by atoms with Crippen LogP contribution in [0.25, 0.3) is 0 Å². The average Bonchev–Trinajstić information content (AvgIpc) is 2.83. The molecule has 0 unspecified atom stereocenters. The zero-order chi connectivity index (χ0) is 25.6. The molecule has 10 heteroatoms. The Morgan fingerprint density at radius 1 is 0.971 bits per heavy atom. The number of halogens is 1. The van der Waals surface area contributed by atoms with Crippen LogP contribution in [0.3, 0.4) is 0 Å².